The lowest BCUT2D eigenvalue weighted by molar-refractivity contribution is 0.143. The Morgan fingerprint density at radius 3 is 2.79 bits per heavy atom. The molecule has 2 saturated heterocycles. The van der Waals surface area contributed by atoms with Crippen LogP contribution in [0.3, 0.4) is 0 Å². The molecule has 2 heterocycles. The molecule has 0 saturated carbocycles. The molecular weight excluding hydrogens is 172 g/mol. The van der Waals surface area contributed by atoms with E-state index in [1.165, 1.54) is 38.9 Å². The topological polar surface area (TPSA) is 15.3 Å². The highest BCUT2D eigenvalue weighted by molar-refractivity contribution is 4.96. The third-order valence-electron chi connectivity index (χ3n) is 4.32. The zero-order valence-corrected chi connectivity index (χ0v) is 9.84. The van der Waals surface area contributed by atoms with Gasteiger partial charge in [-0.15, -0.1) is 0 Å². The third-order valence-corrected chi connectivity index (χ3v) is 4.32. The summed E-state index contributed by atoms with van der Waals surface area (Å²) in [5, 5.41) is 3.67. The summed E-state index contributed by atoms with van der Waals surface area (Å²) in [5.74, 6) is 0.926. The predicted molar refractivity (Wildman–Crippen MR) is 60.5 cm³/mol. The summed E-state index contributed by atoms with van der Waals surface area (Å²) < 4.78 is 0. The van der Waals surface area contributed by atoms with Crippen LogP contribution in [-0.2, 0) is 0 Å². The molecule has 82 valence electrons. The van der Waals surface area contributed by atoms with E-state index in [9.17, 15) is 0 Å². The molecule has 0 spiro atoms. The first-order chi connectivity index (χ1) is 6.63. The van der Waals surface area contributed by atoms with Crippen molar-refractivity contribution in [1.82, 2.24) is 10.2 Å². The molecule has 2 atom stereocenters. The maximum Gasteiger partial charge on any atom is 0.0235 e. The maximum atomic E-state index is 3.67. The van der Waals surface area contributed by atoms with Crippen LogP contribution in [0, 0.1) is 5.92 Å². The van der Waals surface area contributed by atoms with E-state index in [0.29, 0.717) is 5.54 Å². The largest absolute Gasteiger partial charge is 0.312 e. The Labute approximate surface area is 88.1 Å². The van der Waals surface area contributed by atoms with Crippen LogP contribution in [0.4, 0.5) is 0 Å². The highest BCUT2D eigenvalue weighted by atomic mass is 15.2. The molecule has 2 rings (SSSR count). The molecule has 14 heavy (non-hydrogen) atoms. The van der Waals surface area contributed by atoms with Crippen LogP contribution in [-0.4, -0.2) is 36.1 Å². The van der Waals surface area contributed by atoms with Gasteiger partial charge in [0.15, 0.2) is 0 Å². The van der Waals surface area contributed by atoms with E-state index in [2.05, 4.69) is 31.0 Å². The van der Waals surface area contributed by atoms with Gasteiger partial charge in [-0.25, -0.2) is 0 Å². The molecule has 2 aliphatic heterocycles. The number of nitrogens with one attached hydrogen (secondary N) is 1. The van der Waals surface area contributed by atoms with Gasteiger partial charge in [0.2, 0.25) is 0 Å². The van der Waals surface area contributed by atoms with Crippen molar-refractivity contribution in [2.75, 3.05) is 19.6 Å². The minimum Gasteiger partial charge on any atom is -0.312 e. The smallest absolute Gasteiger partial charge is 0.0235 e. The zero-order chi connectivity index (χ0) is 10.2. The second kappa shape index (κ2) is 3.82. The summed E-state index contributed by atoms with van der Waals surface area (Å²) in [5.41, 5.74) is 0.402. The second-order valence-corrected chi connectivity index (χ2v) is 5.53. The Morgan fingerprint density at radius 2 is 2.14 bits per heavy atom. The first-order valence-corrected chi connectivity index (χ1v) is 6.12. The summed E-state index contributed by atoms with van der Waals surface area (Å²) in [6.45, 7) is 10.9. The van der Waals surface area contributed by atoms with Crippen LogP contribution in [0.15, 0.2) is 0 Å². The van der Waals surface area contributed by atoms with Crippen molar-refractivity contribution in [2.24, 2.45) is 5.92 Å². The van der Waals surface area contributed by atoms with Gasteiger partial charge in [0.1, 0.15) is 0 Å². The van der Waals surface area contributed by atoms with Gasteiger partial charge in [0.05, 0.1) is 0 Å². The molecule has 2 fully saturated rings. The van der Waals surface area contributed by atoms with Crippen LogP contribution in [0.1, 0.15) is 40.0 Å². The minimum atomic E-state index is 0.402. The summed E-state index contributed by atoms with van der Waals surface area (Å²) >= 11 is 0. The number of hydrogen-bond acceptors (Lipinski definition) is 2. The molecular formula is C12H24N2. The van der Waals surface area contributed by atoms with Gasteiger partial charge in [0, 0.05) is 24.7 Å². The van der Waals surface area contributed by atoms with Gasteiger partial charge >= 0.3 is 0 Å². The van der Waals surface area contributed by atoms with Crippen molar-refractivity contribution < 1.29 is 0 Å². The molecule has 0 bridgehead atoms. The monoisotopic (exact) mass is 196 g/mol. The van der Waals surface area contributed by atoms with Crippen molar-refractivity contribution in [3.8, 4) is 0 Å². The molecule has 1 N–H and O–H groups in total. The van der Waals surface area contributed by atoms with Gasteiger partial charge in [-0.2, -0.15) is 0 Å². The number of nitrogens with zero attached hydrogens (tertiary/aromatic N) is 1. The lowest BCUT2D eigenvalue weighted by Gasteiger charge is -2.34. The normalized spacial score (nSPS) is 34.5. The molecule has 0 aliphatic carbocycles. The Kier molecular flexibility index (Phi) is 2.85. The van der Waals surface area contributed by atoms with Gasteiger partial charge in [-0.3, -0.25) is 4.90 Å². The quantitative estimate of drug-likeness (QED) is 0.725. The number of rotatable bonds is 2. The Hall–Kier alpha value is -0.0800. The van der Waals surface area contributed by atoms with Crippen LogP contribution in [0.5, 0.6) is 0 Å². The average Bonchev–Trinajstić information content (AvgIpc) is 2.61. The third kappa shape index (κ3) is 1.82. The first-order valence-electron chi connectivity index (χ1n) is 6.12. The van der Waals surface area contributed by atoms with Crippen LogP contribution in [0.25, 0.3) is 0 Å². The van der Waals surface area contributed by atoms with E-state index in [1.54, 1.807) is 0 Å². The minimum absolute atomic E-state index is 0.402. The van der Waals surface area contributed by atoms with Gasteiger partial charge in [-0.05, 0) is 45.6 Å². The summed E-state index contributed by atoms with van der Waals surface area (Å²) in [7, 11) is 0. The van der Waals surface area contributed by atoms with E-state index in [4.69, 9.17) is 0 Å². The maximum absolute atomic E-state index is 3.67. The highest BCUT2D eigenvalue weighted by Crippen LogP contribution is 2.31. The number of hydrogen-bond donors (Lipinski definition) is 1. The summed E-state index contributed by atoms with van der Waals surface area (Å²) in [6.07, 6.45) is 4.07. The van der Waals surface area contributed by atoms with E-state index in [0.717, 1.165) is 12.0 Å². The molecule has 2 nitrogen and oxygen atoms in total. The van der Waals surface area contributed by atoms with E-state index < -0.39 is 0 Å². The molecule has 2 aliphatic rings. The zero-order valence-electron chi connectivity index (χ0n) is 9.84. The van der Waals surface area contributed by atoms with E-state index >= 15 is 0 Å². The lowest BCUT2D eigenvalue weighted by Crippen LogP contribution is -2.44. The second-order valence-electron chi connectivity index (χ2n) is 5.53. The van der Waals surface area contributed by atoms with E-state index in [-0.39, 0.29) is 0 Å². The number of likely N-dealkylation sites (tertiary alicyclic amines) is 1. The van der Waals surface area contributed by atoms with E-state index in [1.807, 2.05) is 0 Å². The molecule has 0 amide bonds. The van der Waals surface area contributed by atoms with Crippen LogP contribution < -0.4 is 5.32 Å². The van der Waals surface area contributed by atoms with Crippen molar-refractivity contribution in [3.05, 3.63) is 0 Å². The lowest BCUT2D eigenvalue weighted by atomic mass is 9.94. The van der Waals surface area contributed by atoms with Gasteiger partial charge < -0.3 is 5.32 Å². The average molecular weight is 196 g/mol. The predicted octanol–water partition coefficient (Wildman–Crippen LogP) is 1.86. The number of fused-ring (bicyclic) bond motifs is 1. The molecule has 2 unspecified atom stereocenters. The molecule has 0 aromatic carbocycles. The summed E-state index contributed by atoms with van der Waals surface area (Å²) in [4.78, 5) is 2.68. The Balaban J connectivity index is 1.99. The van der Waals surface area contributed by atoms with Crippen molar-refractivity contribution in [2.45, 2.75) is 51.6 Å². The van der Waals surface area contributed by atoms with Crippen molar-refractivity contribution in [1.29, 1.82) is 0 Å². The first kappa shape index (κ1) is 10.4. The molecule has 2 heteroatoms. The van der Waals surface area contributed by atoms with Crippen LogP contribution in [0.2, 0.25) is 0 Å². The number of piperidine rings is 1. The van der Waals surface area contributed by atoms with Crippen molar-refractivity contribution >= 4 is 0 Å². The van der Waals surface area contributed by atoms with Gasteiger partial charge in [-0.1, -0.05) is 6.92 Å². The summed E-state index contributed by atoms with van der Waals surface area (Å²) in [6, 6.07) is 0.787. The fraction of sp³-hybridized carbons (Fsp3) is 1.00. The standard InChI is InChI=1S/C12H24N2/c1-4-12(2,3)14-8-10-6-5-7-13-11(10)9-14/h10-11,13H,4-9H2,1-3H3. The van der Waals surface area contributed by atoms with Gasteiger partial charge in [0.25, 0.3) is 0 Å². The molecule has 0 aromatic rings. The Bertz CT molecular complexity index is 186. The Morgan fingerprint density at radius 1 is 1.36 bits per heavy atom. The van der Waals surface area contributed by atoms with Crippen LogP contribution >= 0.6 is 0 Å². The molecule has 0 radical (unpaired) electrons. The SMILES string of the molecule is CCC(C)(C)N1CC2CCCNC2C1. The highest BCUT2D eigenvalue weighted by Gasteiger charge is 2.39. The fourth-order valence-corrected chi connectivity index (χ4v) is 2.76. The fourth-order valence-electron chi connectivity index (χ4n) is 2.76. The van der Waals surface area contributed by atoms with Crippen molar-refractivity contribution in [3.63, 3.8) is 0 Å². The molecule has 0 aromatic heterocycles.